The molecule has 2 saturated carbocycles. The molecule has 2 rings (SSSR count). The van der Waals surface area contributed by atoms with Crippen LogP contribution in [0, 0.1) is 0 Å². The Kier molecular flexibility index (Phi) is 8.48. The lowest BCUT2D eigenvalue weighted by atomic mass is 9.09. The molecular formula is C17H36B4. The van der Waals surface area contributed by atoms with Crippen molar-refractivity contribution < 1.29 is 0 Å². The Morgan fingerprint density at radius 3 is 1.71 bits per heavy atom. The zero-order chi connectivity index (χ0) is 14.8. The highest BCUT2D eigenvalue weighted by atomic mass is 14.1. The van der Waals surface area contributed by atoms with Gasteiger partial charge in [0.15, 0.2) is 0 Å². The molecule has 4 heteroatoms. The van der Waals surface area contributed by atoms with Gasteiger partial charge in [-0.3, -0.25) is 0 Å². The summed E-state index contributed by atoms with van der Waals surface area (Å²) < 4.78 is 0. The first kappa shape index (κ1) is 17.6. The lowest BCUT2D eigenvalue weighted by Crippen LogP contribution is -2.30. The topological polar surface area (TPSA) is 0 Å². The van der Waals surface area contributed by atoms with Crippen molar-refractivity contribution in [1.82, 2.24) is 0 Å². The lowest BCUT2D eigenvalue weighted by molar-refractivity contribution is 0.503. The smallest absolute Gasteiger partial charge is 0.0884 e. The Morgan fingerprint density at radius 2 is 1.14 bits per heavy atom. The SMILES string of the molecule is BC1(BBBC2CCCCCCC2)CCCCCCCC1. The third kappa shape index (κ3) is 7.38. The van der Waals surface area contributed by atoms with Crippen LogP contribution in [-0.4, -0.2) is 29.2 Å². The molecule has 0 saturated heterocycles. The molecule has 21 heavy (non-hydrogen) atoms. The van der Waals surface area contributed by atoms with Crippen molar-refractivity contribution in [3.05, 3.63) is 0 Å². The van der Waals surface area contributed by atoms with E-state index in [1.54, 1.807) is 0 Å². The summed E-state index contributed by atoms with van der Waals surface area (Å²) >= 11 is 0. The molecule has 0 atom stereocenters. The van der Waals surface area contributed by atoms with E-state index in [0.717, 1.165) is 5.82 Å². The molecule has 0 aromatic rings. The van der Waals surface area contributed by atoms with Crippen molar-refractivity contribution in [2.24, 2.45) is 0 Å². The fourth-order valence-electron chi connectivity index (χ4n) is 4.83. The third-order valence-corrected chi connectivity index (χ3v) is 6.43. The van der Waals surface area contributed by atoms with Crippen LogP contribution in [0.1, 0.15) is 96.3 Å². The average Bonchev–Trinajstić information content (AvgIpc) is 2.54. The molecule has 0 N–H and O–H groups in total. The molecule has 2 aliphatic carbocycles. The van der Waals surface area contributed by atoms with Gasteiger partial charge in [-0.15, -0.1) is 0 Å². The van der Waals surface area contributed by atoms with Crippen molar-refractivity contribution in [2.75, 3.05) is 0 Å². The van der Waals surface area contributed by atoms with E-state index in [1.165, 1.54) is 118 Å². The van der Waals surface area contributed by atoms with E-state index in [0.29, 0.717) is 5.21 Å². The minimum absolute atomic E-state index is 0.686. The molecular weight excluding hydrogens is 247 g/mol. The molecule has 0 heterocycles. The summed E-state index contributed by atoms with van der Waals surface area (Å²) in [5.41, 5.74) is 0. The second-order valence-electron chi connectivity index (χ2n) is 8.54. The van der Waals surface area contributed by atoms with Crippen LogP contribution in [0.4, 0.5) is 0 Å². The van der Waals surface area contributed by atoms with Crippen molar-refractivity contribution >= 4 is 29.2 Å². The molecule has 0 unspecified atom stereocenters. The van der Waals surface area contributed by atoms with Gasteiger partial charge in [-0.1, -0.05) is 107 Å². The lowest BCUT2D eigenvalue weighted by Gasteiger charge is -2.29. The largest absolute Gasteiger partial charge is 0.0987 e. The molecule has 0 spiro atoms. The first-order valence-electron chi connectivity index (χ1n) is 10.3. The van der Waals surface area contributed by atoms with E-state index in [4.69, 9.17) is 0 Å². The van der Waals surface area contributed by atoms with Crippen LogP contribution in [0.15, 0.2) is 0 Å². The molecule has 2 fully saturated rings. The van der Waals surface area contributed by atoms with E-state index >= 15 is 0 Å². The highest BCUT2D eigenvalue weighted by molar-refractivity contribution is 7.31. The van der Waals surface area contributed by atoms with E-state index in [9.17, 15) is 0 Å². The van der Waals surface area contributed by atoms with Crippen LogP contribution in [0.3, 0.4) is 0 Å². The number of rotatable bonds is 4. The van der Waals surface area contributed by atoms with Gasteiger partial charge in [0, 0.05) is 0 Å². The van der Waals surface area contributed by atoms with Crippen molar-refractivity contribution in [1.29, 1.82) is 0 Å². The molecule has 0 nitrogen and oxygen atoms in total. The van der Waals surface area contributed by atoms with Crippen LogP contribution in [-0.2, 0) is 0 Å². The van der Waals surface area contributed by atoms with Gasteiger partial charge in [0.1, 0.15) is 0 Å². The van der Waals surface area contributed by atoms with Gasteiger partial charge in [-0.05, 0) is 0 Å². The standard InChI is InChI=1S/C17H36B4/c18-17(14-10-6-1-2-7-11-15-17)20-21-19-16-12-8-4-3-5-9-13-16/h16,19-21H,1-15,18H2. The zero-order valence-electron chi connectivity index (χ0n) is 14.8. The number of hydrogen-bond donors (Lipinski definition) is 0. The van der Waals surface area contributed by atoms with Crippen LogP contribution >= 0.6 is 0 Å². The maximum Gasteiger partial charge on any atom is 0.0987 e. The van der Waals surface area contributed by atoms with Gasteiger partial charge in [-0.25, -0.2) is 0 Å². The summed E-state index contributed by atoms with van der Waals surface area (Å²) in [7, 11) is 7.18. The second kappa shape index (κ2) is 10.1. The molecule has 0 radical (unpaired) electrons. The summed E-state index contributed by atoms with van der Waals surface area (Å²) in [6.07, 6.45) is 22.6. The van der Waals surface area contributed by atoms with Crippen LogP contribution in [0.25, 0.3) is 0 Å². The summed E-state index contributed by atoms with van der Waals surface area (Å²) in [5.74, 6) is 1.07. The van der Waals surface area contributed by atoms with Crippen molar-refractivity contribution in [2.45, 2.75) is 107 Å². The van der Waals surface area contributed by atoms with E-state index in [2.05, 4.69) is 7.85 Å². The summed E-state index contributed by atoms with van der Waals surface area (Å²) in [6, 6.07) is 0. The van der Waals surface area contributed by atoms with Gasteiger partial charge >= 0.3 is 0 Å². The monoisotopic (exact) mass is 284 g/mol. The zero-order valence-corrected chi connectivity index (χ0v) is 14.8. The molecule has 0 bridgehead atoms. The second-order valence-corrected chi connectivity index (χ2v) is 8.54. The van der Waals surface area contributed by atoms with E-state index in [1.807, 2.05) is 0 Å². The van der Waals surface area contributed by atoms with Crippen molar-refractivity contribution in [3.63, 3.8) is 0 Å². The summed E-state index contributed by atoms with van der Waals surface area (Å²) in [4.78, 5) is 0. The van der Waals surface area contributed by atoms with Crippen LogP contribution in [0.5, 0.6) is 0 Å². The number of hydrogen-bond acceptors (Lipinski definition) is 0. The van der Waals surface area contributed by atoms with Gasteiger partial charge < -0.3 is 0 Å². The third-order valence-electron chi connectivity index (χ3n) is 6.43. The Hall–Kier alpha value is 0.260. The Balaban J connectivity index is 1.69. The predicted octanol–water partition coefficient (Wildman–Crippen LogP) is 3.54. The Labute approximate surface area is 137 Å². The maximum atomic E-state index is 2.61. The van der Waals surface area contributed by atoms with Gasteiger partial charge in [0.05, 0.1) is 29.2 Å². The van der Waals surface area contributed by atoms with E-state index < -0.39 is 0 Å². The highest BCUT2D eigenvalue weighted by Crippen LogP contribution is 2.36. The Bertz CT molecular complexity index is 252. The normalized spacial score (nSPS) is 25.5. The average molecular weight is 284 g/mol. The molecule has 2 aliphatic rings. The van der Waals surface area contributed by atoms with Crippen LogP contribution in [0.2, 0.25) is 11.0 Å². The quantitative estimate of drug-likeness (QED) is 0.692. The maximum absolute atomic E-state index is 2.61. The van der Waals surface area contributed by atoms with E-state index in [-0.39, 0.29) is 0 Å². The fourth-order valence-corrected chi connectivity index (χ4v) is 4.83. The molecule has 0 aliphatic heterocycles. The highest BCUT2D eigenvalue weighted by Gasteiger charge is 2.26. The van der Waals surface area contributed by atoms with Gasteiger partial charge in [-0.2, -0.15) is 0 Å². The summed E-state index contributed by atoms with van der Waals surface area (Å²) in [5, 5.41) is 0.686. The molecule has 0 amide bonds. The van der Waals surface area contributed by atoms with Gasteiger partial charge in [0.25, 0.3) is 0 Å². The fraction of sp³-hybridized carbons (Fsp3) is 1.00. The first-order valence-corrected chi connectivity index (χ1v) is 10.3. The minimum Gasteiger partial charge on any atom is -0.0884 e. The minimum atomic E-state index is 0.686. The molecule has 116 valence electrons. The first-order chi connectivity index (χ1) is 10.3. The molecule has 0 aromatic carbocycles. The predicted molar refractivity (Wildman–Crippen MR) is 106 cm³/mol. The van der Waals surface area contributed by atoms with Crippen LogP contribution < -0.4 is 0 Å². The Morgan fingerprint density at radius 1 is 0.667 bits per heavy atom. The summed E-state index contributed by atoms with van der Waals surface area (Å²) in [6.45, 7) is 0. The molecule has 0 aromatic heterocycles. The van der Waals surface area contributed by atoms with Gasteiger partial charge in [0.2, 0.25) is 0 Å². The van der Waals surface area contributed by atoms with Crippen molar-refractivity contribution in [3.8, 4) is 0 Å².